The Morgan fingerprint density at radius 2 is 1.83 bits per heavy atom. The number of hydrogen-bond donors (Lipinski definition) is 1. The molecule has 2 heterocycles. The van der Waals surface area contributed by atoms with Crippen LogP contribution in [0.25, 0.3) is 0 Å². The van der Waals surface area contributed by atoms with Crippen LogP contribution in [0.15, 0.2) is 23.5 Å². The van der Waals surface area contributed by atoms with Crippen molar-refractivity contribution in [2.24, 2.45) is 41.4 Å². The lowest BCUT2D eigenvalue weighted by atomic mass is 9.56. The van der Waals surface area contributed by atoms with Crippen LogP contribution in [-0.4, -0.2) is 46.5 Å². The number of nitrogens with zero attached hydrogens (tertiary/aromatic N) is 1. The van der Waals surface area contributed by atoms with Crippen molar-refractivity contribution in [3.63, 3.8) is 0 Å². The second-order valence-electron chi connectivity index (χ2n) is 10.9. The molecule has 166 valence electrons. The van der Waals surface area contributed by atoms with Crippen LogP contribution in [0.1, 0.15) is 54.4 Å². The van der Waals surface area contributed by atoms with Gasteiger partial charge in [0.15, 0.2) is 5.78 Å². The van der Waals surface area contributed by atoms with E-state index >= 15 is 0 Å². The fraction of sp³-hybridized carbons (Fsp3) is 0.760. The van der Waals surface area contributed by atoms with Gasteiger partial charge in [0.05, 0.1) is 17.7 Å². The highest BCUT2D eigenvalue weighted by molar-refractivity contribution is 6.26. The third-order valence-electron chi connectivity index (χ3n) is 8.48. The fourth-order valence-electron chi connectivity index (χ4n) is 6.86. The number of Topliss-reactive ketones (excluding diaryl/α,β-unsaturated/α-hetero) is 1. The summed E-state index contributed by atoms with van der Waals surface area (Å²) in [4.78, 5) is 27.8. The van der Waals surface area contributed by atoms with Crippen molar-refractivity contribution in [3.8, 4) is 0 Å². The summed E-state index contributed by atoms with van der Waals surface area (Å²) < 4.78 is 5.99. The molecule has 2 aliphatic carbocycles. The number of aliphatic hydroxyl groups excluding tert-OH is 1. The Morgan fingerprint density at radius 1 is 1.20 bits per heavy atom. The molecule has 0 aromatic rings. The molecule has 3 fully saturated rings. The lowest BCUT2D eigenvalue weighted by molar-refractivity contribution is -0.126. The second kappa shape index (κ2) is 7.22. The average molecular weight is 416 g/mol. The van der Waals surface area contributed by atoms with E-state index in [4.69, 9.17) is 4.74 Å². The molecule has 9 atom stereocenters. The van der Waals surface area contributed by atoms with E-state index in [9.17, 15) is 14.7 Å². The van der Waals surface area contributed by atoms with Crippen LogP contribution in [0, 0.1) is 41.4 Å². The van der Waals surface area contributed by atoms with E-state index < -0.39 is 6.04 Å². The molecule has 5 heteroatoms. The molecule has 0 radical (unpaired) electrons. The molecule has 2 saturated heterocycles. The van der Waals surface area contributed by atoms with Gasteiger partial charge in [-0.1, -0.05) is 39.8 Å². The van der Waals surface area contributed by atoms with Crippen molar-refractivity contribution in [3.05, 3.63) is 23.5 Å². The van der Waals surface area contributed by atoms with Crippen molar-refractivity contribution >= 4 is 11.7 Å². The van der Waals surface area contributed by atoms with E-state index in [1.165, 1.54) is 4.90 Å². The summed E-state index contributed by atoms with van der Waals surface area (Å²) >= 11 is 0. The lowest BCUT2D eigenvalue weighted by Gasteiger charge is -2.48. The zero-order chi connectivity index (χ0) is 22.1. The Kier molecular flexibility index (Phi) is 5.20. The van der Waals surface area contributed by atoms with Crippen molar-refractivity contribution in [2.75, 3.05) is 7.05 Å². The minimum absolute atomic E-state index is 0.00491. The number of epoxide rings is 1. The molecule has 0 aromatic carbocycles. The van der Waals surface area contributed by atoms with Gasteiger partial charge < -0.3 is 14.7 Å². The van der Waals surface area contributed by atoms with Gasteiger partial charge in [0.1, 0.15) is 11.3 Å². The molecule has 1 amide bonds. The maximum Gasteiger partial charge on any atom is 0.261 e. The van der Waals surface area contributed by atoms with E-state index in [1.807, 2.05) is 13.8 Å². The van der Waals surface area contributed by atoms with Crippen LogP contribution in [-0.2, 0) is 14.3 Å². The number of carbonyl (C=O) groups excluding carboxylic acids is 2. The van der Waals surface area contributed by atoms with Gasteiger partial charge in [-0.15, -0.1) is 0 Å². The Labute approximate surface area is 180 Å². The fourth-order valence-corrected chi connectivity index (χ4v) is 6.86. The number of allylic oxidation sites excluding steroid dienone is 2. The molecule has 30 heavy (non-hydrogen) atoms. The standard InChI is InChI=1S/C25H37NO4/c1-12(2)21-23(28)20(24(29)26(21)7)22(27)19-17(25(6)15(5)30-25)9-8-16-11-13(3)10-14(4)18(16)19/h8-9,12-19,21,27H,10-11H2,1-7H3. The van der Waals surface area contributed by atoms with Gasteiger partial charge in [-0.2, -0.15) is 0 Å². The van der Waals surface area contributed by atoms with Gasteiger partial charge in [0.25, 0.3) is 5.91 Å². The zero-order valence-corrected chi connectivity index (χ0v) is 19.4. The van der Waals surface area contributed by atoms with Crippen LogP contribution in [0.3, 0.4) is 0 Å². The monoisotopic (exact) mass is 415 g/mol. The number of likely N-dealkylation sites (N-methyl/N-ethyl adjacent to an activating group) is 1. The molecule has 4 aliphatic rings. The number of hydrogen-bond acceptors (Lipinski definition) is 4. The Balaban J connectivity index is 1.82. The van der Waals surface area contributed by atoms with Crippen molar-refractivity contribution in [1.29, 1.82) is 0 Å². The summed E-state index contributed by atoms with van der Waals surface area (Å²) in [6, 6.07) is -0.501. The number of ketones is 1. The maximum atomic E-state index is 13.3. The molecule has 0 aromatic heterocycles. The van der Waals surface area contributed by atoms with E-state index in [0.29, 0.717) is 17.8 Å². The van der Waals surface area contributed by atoms with Crippen molar-refractivity contribution in [2.45, 2.75) is 72.1 Å². The van der Waals surface area contributed by atoms with Crippen LogP contribution in [0.2, 0.25) is 0 Å². The van der Waals surface area contributed by atoms with Gasteiger partial charge in [-0.3, -0.25) is 9.59 Å². The number of aliphatic hydroxyl groups is 1. The summed E-state index contributed by atoms with van der Waals surface area (Å²) in [7, 11) is 1.67. The summed E-state index contributed by atoms with van der Waals surface area (Å²) in [5.74, 6) is 0.745. The van der Waals surface area contributed by atoms with Crippen molar-refractivity contribution in [1.82, 2.24) is 4.90 Å². The minimum Gasteiger partial charge on any atom is -0.511 e. The number of ether oxygens (including phenoxy) is 1. The molecule has 0 bridgehead atoms. The smallest absolute Gasteiger partial charge is 0.261 e. The third kappa shape index (κ3) is 3.07. The molecule has 5 nitrogen and oxygen atoms in total. The van der Waals surface area contributed by atoms with Gasteiger partial charge in [0.2, 0.25) is 0 Å². The molecule has 2 aliphatic heterocycles. The van der Waals surface area contributed by atoms with Crippen LogP contribution < -0.4 is 0 Å². The quantitative estimate of drug-likeness (QED) is 0.247. The summed E-state index contributed by atoms with van der Waals surface area (Å²) in [6.45, 7) is 12.6. The Bertz CT molecular complexity index is 814. The van der Waals surface area contributed by atoms with Gasteiger partial charge in [-0.05, 0) is 56.3 Å². The predicted molar refractivity (Wildman–Crippen MR) is 116 cm³/mol. The molecule has 1 saturated carbocycles. The number of amides is 1. The molecular formula is C25H37NO4. The highest BCUT2D eigenvalue weighted by Crippen LogP contribution is 2.57. The number of fused-ring (bicyclic) bond motifs is 1. The molecule has 0 spiro atoms. The zero-order valence-electron chi connectivity index (χ0n) is 19.4. The molecule has 9 unspecified atom stereocenters. The van der Waals surface area contributed by atoms with Gasteiger partial charge in [-0.25, -0.2) is 0 Å². The number of likely N-dealkylation sites (tertiary alicyclic amines) is 1. The molecular weight excluding hydrogens is 378 g/mol. The summed E-state index contributed by atoms with van der Waals surface area (Å²) in [6.07, 6.45) is 6.80. The van der Waals surface area contributed by atoms with Crippen LogP contribution in [0.4, 0.5) is 0 Å². The minimum atomic E-state index is -0.501. The first-order valence-electron chi connectivity index (χ1n) is 11.6. The molecule has 1 N–H and O–H groups in total. The van der Waals surface area contributed by atoms with Crippen molar-refractivity contribution < 1.29 is 19.4 Å². The van der Waals surface area contributed by atoms with Gasteiger partial charge in [0, 0.05) is 18.9 Å². The highest BCUT2D eigenvalue weighted by Gasteiger charge is 2.61. The first-order valence-corrected chi connectivity index (χ1v) is 11.6. The largest absolute Gasteiger partial charge is 0.511 e. The van der Waals surface area contributed by atoms with Gasteiger partial charge >= 0.3 is 0 Å². The Morgan fingerprint density at radius 3 is 2.37 bits per heavy atom. The lowest BCUT2D eigenvalue weighted by Crippen LogP contribution is -2.45. The second-order valence-corrected chi connectivity index (χ2v) is 10.9. The average Bonchev–Trinajstić information content (AvgIpc) is 3.19. The van der Waals surface area contributed by atoms with Crippen LogP contribution >= 0.6 is 0 Å². The van der Waals surface area contributed by atoms with E-state index in [0.717, 1.165) is 12.8 Å². The first kappa shape index (κ1) is 21.6. The normalized spacial score (nSPS) is 47.7. The first-order chi connectivity index (χ1) is 14.0. The highest BCUT2D eigenvalue weighted by atomic mass is 16.6. The van der Waals surface area contributed by atoms with Crippen LogP contribution in [0.5, 0.6) is 0 Å². The maximum absolute atomic E-state index is 13.3. The topological polar surface area (TPSA) is 70.1 Å². The summed E-state index contributed by atoms with van der Waals surface area (Å²) in [5, 5.41) is 11.6. The third-order valence-corrected chi connectivity index (χ3v) is 8.48. The van der Waals surface area contributed by atoms with E-state index in [2.05, 4.69) is 39.8 Å². The Hall–Kier alpha value is -1.62. The van der Waals surface area contributed by atoms with E-state index in [-0.39, 0.29) is 58.4 Å². The predicted octanol–water partition coefficient (Wildman–Crippen LogP) is 4.14. The van der Waals surface area contributed by atoms with E-state index in [1.54, 1.807) is 7.05 Å². The number of rotatable bonds is 3. The summed E-state index contributed by atoms with van der Waals surface area (Å²) in [5.41, 5.74) is -0.347. The molecule has 4 rings (SSSR count). The number of carbonyl (C=O) groups is 2. The SMILES string of the molecule is CC1CC(C)C2C(C=CC(C3(C)OC3C)C2C(O)=C2C(=O)C(C(C)C)N(C)C2=O)C1.